The van der Waals surface area contributed by atoms with Gasteiger partial charge in [-0.25, -0.2) is 9.97 Å². The maximum atomic E-state index is 9.22. The van der Waals surface area contributed by atoms with E-state index in [4.69, 9.17) is 39.2 Å². The lowest BCUT2D eigenvalue weighted by Crippen LogP contribution is -2.39. The van der Waals surface area contributed by atoms with Gasteiger partial charge in [0, 0.05) is 36.8 Å². The van der Waals surface area contributed by atoms with Crippen LogP contribution in [0.5, 0.6) is 0 Å². The van der Waals surface area contributed by atoms with Gasteiger partial charge in [0.1, 0.15) is 12.0 Å². The monoisotopic (exact) mass is 406 g/mol. The van der Waals surface area contributed by atoms with E-state index in [9.17, 15) is 4.79 Å². The van der Waals surface area contributed by atoms with Crippen molar-refractivity contribution in [2.24, 2.45) is 5.73 Å². The number of aromatic amines is 1. The first kappa shape index (κ1) is 24.9. The fourth-order valence-corrected chi connectivity index (χ4v) is 3.52. The summed E-state index contributed by atoms with van der Waals surface area (Å²) < 4.78 is 1.66. The molecule has 0 spiro atoms. The van der Waals surface area contributed by atoms with E-state index in [2.05, 4.69) is 25.8 Å². The van der Waals surface area contributed by atoms with Crippen LogP contribution in [-0.2, 0) is 11.3 Å². The second kappa shape index (κ2) is 9.41. The number of fused-ring (bicyclic) bond motifs is 1. The molecule has 12 heteroatoms. The lowest BCUT2D eigenvalue weighted by molar-refractivity contribution is -0.115. The van der Waals surface area contributed by atoms with Crippen molar-refractivity contribution in [3.8, 4) is 11.3 Å². The van der Waals surface area contributed by atoms with Gasteiger partial charge in [0.15, 0.2) is 0 Å². The SMILES string of the molecule is CC.CC(N)=O.[B]C1([B])CCC([B])([B])C1([B])Cn1cc(-c2ncnc3[nH]ccc23)cn1. The van der Waals surface area contributed by atoms with Crippen molar-refractivity contribution < 1.29 is 4.79 Å². The lowest BCUT2D eigenvalue weighted by Gasteiger charge is -2.49. The van der Waals surface area contributed by atoms with Crippen molar-refractivity contribution in [3.05, 3.63) is 31.0 Å². The Morgan fingerprint density at radius 3 is 2.32 bits per heavy atom. The van der Waals surface area contributed by atoms with E-state index < -0.39 is 15.7 Å². The highest BCUT2D eigenvalue weighted by Gasteiger charge is 2.53. The van der Waals surface area contributed by atoms with Gasteiger partial charge < -0.3 is 10.7 Å². The third-order valence-electron chi connectivity index (χ3n) is 5.29. The highest BCUT2D eigenvalue weighted by Crippen LogP contribution is 2.69. The highest BCUT2D eigenvalue weighted by atomic mass is 16.1. The number of amides is 1. The van der Waals surface area contributed by atoms with Gasteiger partial charge >= 0.3 is 0 Å². The molecule has 7 nitrogen and oxygen atoms in total. The summed E-state index contributed by atoms with van der Waals surface area (Å²) in [6.07, 6.45) is 7.74. The molecule has 0 saturated heterocycles. The molecule has 0 unspecified atom stereocenters. The molecule has 3 aromatic heterocycles. The van der Waals surface area contributed by atoms with Crippen LogP contribution in [0.4, 0.5) is 0 Å². The fraction of sp³-hybridized carbons (Fsp3) is 0.474. The number of rotatable bonds is 3. The van der Waals surface area contributed by atoms with Crippen LogP contribution in [0.2, 0.25) is 15.7 Å². The number of carbonyl (C=O) groups is 1. The Morgan fingerprint density at radius 2 is 1.74 bits per heavy atom. The fourth-order valence-electron chi connectivity index (χ4n) is 3.52. The standard InChI is InChI=1S/C15H12B5N5.C2H5NO.C2H6/c16-13(14(17,18)2-3-15(13,19)20)7-25-6-9(5-24-25)11-10-1-4-21-12(10)23-8-22-11;1-2(3)4;1-2/h1,4-6,8H,2-3,7H2,(H,21,22,23);1H3,(H2,3,4);1-2H3. The summed E-state index contributed by atoms with van der Waals surface area (Å²) in [6.45, 7) is 5.51. The molecule has 0 atom stereocenters. The second-order valence-electron chi connectivity index (χ2n) is 7.55. The van der Waals surface area contributed by atoms with Crippen LogP contribution in [0, 0.1) is 0 Å². The molecule has 3 aromatic rings. The van der Waals surface area contributed by atoms with Crippen LogP contribution in [0.15, 0.2) is 31.0 Å². The van der Waals surface area contributed by atoms with Gasteiger partial charge in [0.05, 0.1) is 51.1 Å². The summed E-state index contributed by atoms with van der Waals surface area (Å²) in [6, 6.07) is 1.92. The highest BCUT2D eigenvalue weighted by molar-refractivity contribution is 6.53. The number of hydrogen-bond acceptors (Lipinski definition) is 4. The summed E-state index contributed by atoms with van der Waals surface area (Å²) in [5.74, 6) is -0.333. The predicted molar refractivity (Wildman–Crippen MR) is 127 cm³/mol. The topological polar surface area (TPSA) is 102 Å². The van der Waals surface area contributed by atoms with Gasteiger partial charge in [-0.3, -0.25) is 9.48 Å². The first-order valence-electron chi connectivity index (χ1n) is 9.98. The summed E-state index contributed by atoms with van der Waals surface area (Å²) in [7, 11) is 31.2. The minimum absolute atomic E-state index is 0.203. The third-order valence-corrected chi connectivity index (χ3v) is 5.29. The van der Waals surface area contributed by atoms with Crippen molar-refractivity contribution in [1.29, 1.82) is 0 Å². The van der Waals surface area contributed by atoms with Crippen molar-refractivity contribution in [1.82, 2.24) is 24.7 Å². The second-order valence-corrected chi connectivity index (χ2v) is 7.55. The summed E-state index contributed by atoms with van der Waals surface area (Å²) in [5.41, 5.74) is 6.83. The van der Waals surface area contributed by atoms with Crippen molar-refractivity contribution >= 4 is 56.2 Å². The molecule has 0 aliphatic heterocycles. The number of carbonyl (C=O) groups excluding carboxylic acids is 1. The number of hydrogen-bond donors (Lipinski definition) is 2. The summed E-state index contributed by atoms with van der Waals surface area (Å²) in [5, 5.41) is 1.73. The molecular formula is C19H23B5N6O. The molecule has 0 bridgehead atoms. The number of nitrogens with two attached hydrogens (primary N) is 1. The average molecular weight is 405 g/mol. The Morgan fingerprint density at radius 1 is 1.16 bits per heavy atom. The maximum Gasteiger partial charge on any atom is 0.214 e. The van der Waals surface area contributed by atoms with Crippen molar-refractivity contribution in [2.45, 2.75) is 55.9 Å². The predicted octanol–water partition coefficient (Wildman–Crippen LogP) is 1.37. The zero-order valence-electron chi connectivity index (χ0n) is 18.2. The van der Waals surface area contributed by atoms with Crippen LogP contribution >= 0.6 is 0 Å². The van der Waals surface area contributed by atoms with E-state index >= 15 is 0 Å². The van der Waals surface area contributed by atoms with E-state index in [-0.39, 0.29) is 12.5 Å². The third kappa shape index (κ3) is 4.94. The van der Waals surface area contributed by atoms with Crippen LogP contribution in [0.1, 0.15) is 33.6 Å². The molecule has 1 fully saturated rings. The summed E-state index contributed by atoms with van der Waals surface area (Å²) >= 11 is 0. The van der Waals surface area contributed by atoms with Crippen molar-refractivity contribution in [3.63, 3.8) is 0 Å². The zero-order chi connectivity index (χ0) is 23.4. The summed E-state index contributed by atoms with van der Waals surface area (Å²) in [4.78, 5) is 20.8. The minimum atomic E-state index is -1.20. The molecule has 1 amide bonds. The first-order valence-corrected chi connectivity index (χ1v) is 9.98. The molecule has 1 saturated carbocycles. The largest absolute Gasteiger partial charge is 0.370 e. The Balaban J connectivity index is 0.000000513. The van der Waals surface area contributed by atoms with E-state index in [0.29, 0.717) is 12.8 Å². The maximum absolute atomic E-state index is 9.22. The van der Waals surface area contributed by atoms with Gasteiger partial charge in [0.25, 0.3) is 0 Å². The number of nitrogens with one attached hydrogen (secondary N) is 1. The molecule has 1 aliphatic rings. The van der Waals surface area contributed by atoms with E-state index in [1.54, 1.807) is 10.9 Å². The van der Waals surface area contributed by atoms with E-state index in [1.807, 2.05) is 32.3 Å². The van der Waals surface area contributed by atoms with E-state index in [1.165, 1.54) is 13.3 Å². The van der Waals surface area contributed by atoms with Gasteiger partial charge in [-0.1, -0.05) is 32.0 Å². The molecular weight excluding hydrogens is 382 g/mol. The Hall–Kier alpha value is -2.38. The lowest BCUT2D eigenvalue weighted by atomic mass is 9.27. The van der Waals surface area contributed by atoms with Crippen LogP contribution in [0.25, 0.3) is 22.3 Å². The average Bonchev–Trinajstić information content (AvgIpc) is 3.39. The zero-order valence-corrected chi connectivity index (χ0v) is 18.2. The van der Waals surface area contributed by atoms with Crippen LogP contribution in [0.3, 0.4) is 0 Å². The molecule has 0 aromatic carbocycles. The molecule has 10 radical (unpaired) electrons. The molecule has 3 heterocycles. The number of H-pyrrole nitrogens is 1. The van der Waals surface area contributed by atoms with Crippen LogP contribution < -0.4 is 5.73 Å². The number of aromatic nitrogens is 5. The van der Waals surface area contributed by atoms with Gasteiger partial charge in [-0.05, 0) is 6.07 Å². The van der Waals surface area contributed by atoms with Gasteiger partial charge in [0.2, 0.25) is 5.91 Å². The molecule has 31 heavy (non-hydrogen) atoms. The van der Waals surface area contributed by atoms with Crippen molar-refractivity contribution in [2.75, 3.05) is 0 Å². The molecule has 4 rings (SSSR count). The quantitative estimate of drug-likeness (QED) is 0.643. The van der Waals surface area contributed by atoms with Gasteiger partial charge in [-0.2, -0.15) is 5.10 Å². The smallest absolute Gasteiger partial charge is 0.214 e. The Bertz CT molecular complexity index is 1010. The Kier molecular flexibility index (Phi) is 7.55. The normalized spacial score (nSPS) is 17.8. The first-order chi connectivity index (χ1) is 14.5. The van der Waals surface area contributed by atoms with Crippen LogP contribution in [-0.4, -0.2) is 69.9 Å². The molecule has 3 N–H and O–H groups in total. The Labute approximate surface area is 189 Å². The molecule has 150 valence electrons. The molecule has 1 aliphatic carbocycles. The number of primary amides is 1. The minimum Gasteiger partial charge on any atom is -0.370 e. The number of nitrogens with zero attached hydrogens (tertiary/aromatic N) is 4. The van der Waals surface area contributed by atoms with Gasteiger partial charge in [-0.15, -0.1) is 10.4 Å². The van der Waals surface area contributed by atoms with E-state index in [0.717, 1.165) is 22.3 Å².